The zero-order chi connectivity index (χ0) is 19.6. The fraction of sp³-hybridized carbons (Fsp3) is 0.550. The van der Waals surface area contributed by atoms with Crippen molar-refractivity contribution in [1.29, 1.82) is 5.41 Å². The number of hydrogen-bond acceptors (Lipinski definition) is 5. The van der Waals surface area contributed by atoms with Gasteiger partial charge in [0.05, 0.1) is 0 Å². The van der Waals surface area contributed by atoms with Crippen LogP contribution in [0.5, 0.6) is 0 Å². The normalized spacial score (nSPS) is 14.7. The molecule has 0 amide bonds. The van der Waals surface area contributed by atoms with Gasteiger partial charge in [0.1, 0.15) is 30.5 Å². The Hall–Kier alpha value is -2.28. The molecule has 6 nitrogen and oxygen atoms in total. The number of Topliss-reactive ketones (excluding diaryl/α,β-unsaturated/α-hetero) is 1. The highest BCUT2D eigenvalue weighted by Gasteiger charge is 2.16. The third-order valence-electron chi connectivity index (χ3n) is 4.73. The second-order valence-corrected chi connectivity index (χ2v) is 6.89. The summed E-state index contributed by atoms with van der Waals surface area (Å²) in [5.41, 5.74) is 5.82. The van der Waals surface area contributed by atoms with Crippen LogP contribution in [0.1, 0.15) is 49.7 Å². The van der Waals surface area contributed by atoms with Crippen molar-refractivity contribution in [3.05, 3.63) is 35.1 Å². The van der Waals surface area contributed by atoms with Gasteiger partial charge < -0.3 is 15.2 Å². The predicted octanol–water partition coefficient (Wildman–Crippen LogP) is 2.90. The third kappa shape index (κ3) is 7.46. The molecule has 1 aliphatic heterocycles. The van der Waals surface area contributed by atoms with Crippen LogP contribution in [0, 0.1) is 17.1 Å². The highest BCUT2D eigenvalue weighted by molar-refractivity contribution is 5.94. The molecule has 2 rings (SSSR count). The summed E-state index contributed by atoms with van der Waals surface area (Å²) >= 11 is 0. The van der Waals surface area contributed by atoms with E-state index in [0.29, 0.717) is 30.7 Å². The summed E-state index contributed by atoms with van der Waals surface area (Å²) in [4.78, 5) is 23.5. The molecule has 0 unspecified atom stereocenters. The zero-order valence-electron chi connectivity index (χ0n) is 15.5. The first-order chi connectivity index (χ1) is 13.0. The molecule has 1 aromatic rings. The second kappa shape index (κ2) is 10.8. The lowest BCUT2D eigenvalue weighted by Gasteiger charge is -2.21. The number of carbonyl (C=O) groups excluding carboxylic acids is 2. The minimum atomic E-state index is -0.671. The Kier molecular flexibility index (Phi) is 8.39. The molecular weight excluding hydrogens is 351 g/mol. The maximum atomic E-state index is 14.5. The molecule has 1 fully saturated rings. The van der Waals surface area contributed by atoms with Gasteiger partial charge in [-0.1, -0.05) is 18.2 Å². The van der Waals surface area contributed by atoms with Crippen molar-refractivity contribution in [2.24, 2.45) is 11.7 Å². The number of halogens is 1. The van der Waals surface area contributed by atoms with Gasteiger partial charge in [-0.05, 0) is 37.2 Å². The van der Waals surface area contributed by atoms with Crippen LogP contribution in [0.15, 0.2) is 18.2 Å². The van der Waals surface area contributed by atoms with Gasteiger partial charge in [0.15, 0.2) is 0 Å². The highest BCUT2D eigenvalue weighted by Crippen LogP contribution is 2.21. The summed E-state index contributed by atoms with van der Waals surface area (Å²) in [7, 11) is 0. The van der Waals surface area contributed by atoms with E-state index in [-0.39, 0.29) is 30.2 Å². The van der Waals surface area contributed by atoms with E-state index in [0.717, 1.165) is 32.5 Å². The Morgan fingerprint density at radius 2 is 1.93 bits per heavy atom. The van der Waals surface area contributed by atoms with Gasteiger partial charge in [-0.3, -0.25) is 15.0 Å². The predicted molar refractivity (Wildman–Crippen MR) is 98.8 cm³/mol. The number of carbonyl (C=O) groups is 2. The largest absolute Gasteiger partial charge is 0.460 e. The molecule has 1 aliphatic rings. The van der Waals surface area contributed by atoms with Gasteiger partial charge >= 0.3 is 5.97 Å². The van der Waals surface area contributed by atoms with Crippen molar-refractivity contribution < 1.29 is 23.5 Å². The van der Waals surface area contributed by atoms with Crippen molar-refractivity contribution in [2.45, 2.75) is 51.6 Å². The number of esters is 1. The van der Waals surface area contributed by atoms with Crippen LogP contribution in [0.25, 0.3) is 0 Å². The Morgan fingerprint density at radius 1 is 1.22 bits per heavy atom. The van der Waals surface area contributed by atoms with E-state index < -0.39 is 11.8 Å². The average molecular weight is 378 g/mol. The Bertz CT molecular complexity index is 672. The second-order valence-electron chi connectivity index (χ2n) is 6.89. The molecule has 0 bridgehead atoms. The van der Waals surface area contributed by atoms with Crippen molar-refractivity contribution in [1.82, 2.24) is 0 Å². The Morgan fingerprint density at radius 3 is 2.63 bits per heavy atom. The molecule has 0 spiro atoms. The number of nitrogens with two attached hydrogens (primary N) is 1. The van der Waals surface area contributed by atoms with Crippen molar-refractivity contribution in [3.8, 4) is 0 Å². The summed E-state index contributed by atoms with van der Waals surface area (Å²) in [5, 5.41) is 7.04. The van der Waals surface area contributed by atoms with Crippen LogP contribution in [0.4, 0.5) is 4.39 Å². The first kappa shape index (κ1) is 21.0. The van der Waals surface area contributed by atoms with Gasteiger partial charge in [0.25, 0.3) is 0 Å². The van der Waals surface area contributed by atoms with Gasteiger partial charge in [0.2, 0.25) is 0 Å². The molecule has 148 valence electrons. The molecule has 0 aliphatic carbocycles. The lowest BCUT2D eigenvalue weighted by Crippen LogP contribution is -2.17. The van der Waals surface area contributed by atoms with Crippen LogP contribution in [-0.2, 0) is 32.1 Å². The Labute approximate surface area is 158 Å². The number of ether oxygens (including phenoxy) is 2. The van der Waals surface area contributed by atoms with Crippen molar-refractivity contribution >= 4 is 17.6 Å². The lowest BCUT2D eigenvalue weighted by atomic mass is 9.92. The molecule has 1 saturated heterocycles. The van der Waals surface area contributed by atoms with Crippen molar-refractivity contribution in [3.63, 3.8) is 0 Å². The molecular formula is C20H27FN2O4. The van der Waals surface area contributed by atoms with Crippen molar-refractivity contribution in [2.75, 3.05) is 13.2 Å². The van der Waals surface area contributed by atoms with Gasteiger partial charge in [-0.15, -0.1) is 0 Å². The topological polar surface area (TPSA) is 102 Å². The Balaban J connectivity index is 1.79. The van der Waals surface area contributed by atoms with Gasteiger partial charge in [-0.2, -0.15) is 0 Å². The van der Waals surface area contributed by atoms with E-state index in [2.05, 4.69) is 0 Å². The molecule has 1 aromatic carbocycles. The third-order valence-corrected chi connectivity index (χ3v) is 4.73. The summed E-state index contributed by atoms with van der Waals surface area (Å²) in [6, 6.07) is 4.86. The number of aryl methyl sites for hydroxylation is 1. The SMILES string of the molecule is N=C(N)CC(=O)OCc1cccc(CCC(=O)CCC2CCOCC2)c1F. The van der Waals surface area contributed by atoms with Crippen LogP contribution in [0.2, 0.25) is 0 Å². The zero-order valence-corrected chi connectivity index (χ0v) is 15.5. The van der Waals surface area contributed by atoms with Gasteiger partial charge in [0, 0.05) is 31.6 Å². The standard InChI is InChI=1S/C20H27FN2O4/c21-20-15(2-1-3-16(20)13-27-19(25)12-18(22)23)5-7-17(24)6-4-14-8-10-26-11-9-14/h1-3,14H,4-13H2,(H3,22,23). The van der Waals surface area contributed by atoms with Crippen LogP contribution < -0.4 is 5.73 Å². The van der Waals surface area contributed by atoms with E-state index in [1.165, 1.54) is 6.07 Å². The van der Waals surface area contributed by atoms with Crippen LogP contribution in [0.3, 0.4) is 0 Å². The number of amidine groups is 1. The van der Waals surface area contributed by atoms with Gasteiger partial charge in [-0.25, -0.2) is 4.39 Å². The minimum absolute atomic E-state index is 0.138. The molecule has 1 heterocycles. The number of ketones is 1. The molecule has 7 heteroatoms. The van der Waals surface area contributed by atoms with Crippen LogP contribution in [-0.4, -0.2) is 30.8 Å². The number of hydrogen-bond donors (Lipinski definition) is 2. The average Bonchev–Trinajstić information content (AvgIpc) is 2.65. The molecule has 0 aromatic heterocycles. The monoisotopic (exact) mass is 378 g/mol. The van der Waals surface area contributed by atoms with E-state index in [4.69, 9.17) is 20.6 Å². The minimum Gasteiger partial charge on any atom is -0.460 e. The van der Waals surface area contributed by atoms with E-state index in [1.54, 1.807) is 12.1 Å². The lowest BCUT2D eigenvalue weighted by molar-refractivity contribution is -0.143. The first-order valence-corrected chi connectivity index (χ1v) is 9.30. The fourth-order valence-corrected chi connectivity index (χ4v) is 3.10. The smallest absolute Gasteiger partial charge is 0.313 e. The van der Waals surface area contributed by atoms with E-state index >= 15 is 0 Å². The van der Waals surface area contributed by atoms with E-state index in [9.17, 15) is 14.0 Å². The molecule has 0 radical (unpaired) electrons. The molecule has 0 atom stereocenters. The molecule has 0 saturated carbocycles. The summed E-state index contributed by atoms with van der Waals surface area (Å²) in [6.45, 7) is 1.32. The number of benzene rings is 1. The first-order valence-electron chi connectivity index (χ1n) is 9.30. The van der Waals surface area contributed by atoms with Crippen LogP contribution >= 0.6 is 0 Å². The summed E-state index contributed by atoms with van der Waals surface area (Å²) < 4.78 is 24.8. The number of nitrogens with one attached hydrogen (secondary N) is 1. The molecule has 3 N–H and O–H groups in total. The maximum Gasteiger partial charge on any atom is 0.313 e. The molecule has 27 heavy (non-hydrogen) atoms. The fourth-order valence-electron chi connectivity index (χ4n) is 3.10. The maximum absolute atomic E-state index is 14.5. The van der Waals surface area contributed by atoms with E-state index in [1.807, 2.05) is 0 Å². The quantitative estimate of drug-likeness (QED) is 0.370. The summed E-state index contributed by atoms with van der Waals surface area (Å²) in [5.74, 6) is -0.735. The number of rotatable bonds is 10. The summed E-state index contributed by atoms with van der Waals surface area (Å²) in [6.07, 6.45) is 3.72. The highest BCUT2D eigenvalue weighted by atomic mass is 19.1.